The van der Waals surface area contributed by atoms with Gasteiger partial charge in [0.2, 0.25) is 9.54 Å². The van der Waals surface area contributed by atoms with Gasteiger partial charge in [-0.25, -0.2) is 0 Å². The summed E-state index contributed by atoms with van der Waals surface area (Å²) in [5.74, 6) is 2.90. The van der Waals surface area contributed by atoms with Crippen LogP contribution >= 0.6 is 24.4 Å². The maximum Gasteiger partial charge on any atom is 0.216 e. The molecule has 0 atom stereocenters. The van der Waals surface area contributed by atoms with Crippen molar-refractivity contribution >= 4 is 36.9 Å². The lowest BCUT2D eigenvalue weighted by molar-refractivity contribution is 0.419. The van der Waals surface area contributed by atoms with Crippen molar-refractivity contribution in [2.75, 3.05) is 0 Å². The van der Waals surface area contributed by atoms with Gasteiger partial charge in [-0.05, 0) is 61.2 Å². The van der Waals surface area contributed by atoms with Crippen LogP contribution in [0.5, 0.6) is 0 Å². The van der Waals surface area contributed by atoms with Crippen molar-refractivity contribution in [2.45, 2.75) is 76.0 Å². The van der Waals surface area contributed by atoms with Crippen molar-refractivity contribution in [3.05, 3.63) is 93.0 Å². The largest absolute Gasteiger partial charge is 0.250 e. The predicted octanol–water partition coefficient (Wildman–Crippen LogP) is 7.74. The number of aromatic nitrogens is 6. The van der Waals surface area contributed by atoms with Crippen LogP contribution < -0.4 is 0 Å². The van der Waals surface area contributed by atoms with Gasteiger partial charge in [-0.1, -0.05) is 99.2 Å². The van der Waals surface area contributed by atoms with E-state index in [9.17, 15) is 0 Å². The molecule has 2 aromatic heterocycles. The molecule has 0 saturated heterocycles. The molecule has 2 aliphatic carbocycles. The zero-order chi connectivity index (χ0) is 27.6. The molecule has 0 amide bonds. The molecule has 0 unspecified atom stereocenters. The summed E-state index contributed by atoms with van der Waals surface area (Å²) < 4.78 is 4.69. The second-order valence-corrected chi connectivity index (χ2v) is 11.2. The summed E-state index contributed by atoms with van der Waals surface area (Å²) in [7, 11) is 0. The highest BCUT2D eigenvalue weighted by atomic mass is 32.1. The highest BCUT2D eigenvalue weighted by Crippen LogP contribution is 2.32. The molecule has 10 heteroatoms. The minimum Gasteiger partial charge on any atom is -0.250 e. The van der Waals surface area contributed by atoms with Crippen LogP contribution in [-0.2, 0) is 0 Å². The van der Waals surface area contributed by atoms with Crippen molar-refractivity contribution in [1.82, 2.24) is 29.7 Å². The van der Waals surface area contributed by atoms with Crippen LogP contribution in [0.15, 0.2) is 70.9 Å². The second kappa shape index (κ2) is 14.2. The maximum absolute atomic E-state index is 5.29. The van der Waals surface area contributed by atoms with Crippen LogP contribution in [0.25, 0.3) is 0 Å². The Balaban J connectivity index is 0.000000161. The fraction of sp³-hybridized carbons (Fsp3) is 0.400. The minimum absolute atomic E-state index is 0.477. The van der Waals surface area contributed by atoms with E-state index < -0.39 is 0 Å². The second-order valence-electron chi connectivity index (χ2n) is 10.4. The molecular weight excluding hydrogens is 537 g/mol. The molecule has 4 aromatic rings. The van der Waals surface area contributed by atoms with Crippen molar-refractivity contribution in [3.8, 4) is 0 Å². The molecule has 0 spiro atoms. The molecule has 0 aliphatic heterocycles. The van der Waals surface area contributed by atoms with Gasteiger partial charge >= 0.3 is 0 Å². The highest BCUT2D eigenvalue weighted by Gasteiger charge is 2.22. The van der Waals surface area contributed by atoms with Crippen LogP contribution in [0.4, 0.5) is 0 Å². The summed E-state index contributed by atoms with van der Waals surface area (Å²) in [5.41, 5.74) is 2.12. The Morgan fingerprint density at radius 1 is 0.600 bits per heavy atom. The lowest BCUT2D eigenvalue weighted by atomic mass is 9.89. The molecule has 2 saturated carbocycles. The third kappa shape index (κ3) is 7.37. The highest BCUT2D eigenvalue weighted by molar-refractivity contribution is 7.71. The predicted molar refractivity (Wildman–Crippen MR) is 165 cm³/mol. The Labute approximate surface area is 245 Å². The Hall–Kier alpha value is -3.50. The van der Waals surface area contributed by atoms with Crippen LogP contribution in [0, 0.1) is 9.54 Å². The first kappa shape index (κ1) is 28.0. The molecule has 2 fully saturated rings. The Morgan fingerprint density at radius 2 is 0.975 bits per heavy atom. The van der Waals surface area contributed by atoms with Gasteiger partial charge in [0, 0.05) is 11.8 Å². The first-order valence-electron chi connectivity index (χ1n) is 14.2. The number of aromatic amines is 2. The zero-order valence-corrected chi connectivity index (χ0v) is 24.3. The fourth-order valence-corrected chi connectivity index (χ4v) is 5.78. The van der Waals surface area contributed by atoms with Crippen molar-refractivity contribution in [3.63, 3.8) is 0 Å². The summed E-state index contributed by atoms with van der Waals surface area (Å²) in [4.78, 5) is 0. The van der Waals surface area contributed by atoms with E-state index in [1.54, 1.807) is 9.35 Å². The fourth-order valence-electron chi connectivity index (χ4n) is 5.41. The van der Waals surface area contributed by atoms with Gasteiger partial charge in [-0.3, -0.25) is 10.2 Å². The van der Waals surface area contributed by atoms with Gasteiger partial charge in [0.15, 0.2) is 11.6 Å². The maximum atomic E-state index is 5.29. The summed E-state index contributed by atoms with van der Waals surface area (Å²) in [6, 6.07) is 20.1. The van der Waals surface area contributed by atoms with Gasteiger partial charge in [-0.15, -0.1) is 0 Å². The van der Waals surface area contributed by atoms with Crippen molar-refractivity contribution in [2.24, 2.45) is 10.2 Å². The summed E-state index contributed by atoms with van der Waals surface area (Å²) in [5, 5.41) is 23.5. The third-order valence-corrected chi connectivity index (χ3v) is 8.06. The Bertz CT molecular complexity index is 1390. The molecule has 2 aliphatic rings. The molecule has 2 N–H and O–H groups in total. The smallest absolute Gasteiger partial charge is 0.216 e. The van der Waals surface area contributed by atoms with Gasteiger partial charge < -0.3 is 0 Å². The van der Waals surface area contributed by atoms with Crippen molar-refractivity contribution < 1.29 is 0 Å². The number of rotatable bonds is 6. The normalized spacial score (nSPS) is 16.8. The van der Waals surface area contributed by atoms with E-state index in [1.807, 2.05) is 73.1 Å². The average Bonchev–Trinajstić information content (AvgIpc) is 3.58. The van der Waals surface area contributed by atoms with Crippen LogP contribution in [0.3, 0.4) is 0 Å². The topological polar surface area (TPSA) is 91.9 Å². The van der Waals surface area contributed by atoms with E-state index in [-0.39, 0.29) is 0 Å². The van der Waals surface area contributed by atoms with E-state index in [0.29, 0.717) is 21.4 Å². The lowest BCUT2D eigenvalue weighted by Crippen LogP contribution is -2.10. The number of benzene rings is 2. The van der Waals surface area contributed by atoms with E-state index >= 15 is 0 Å². The zero-order valence-electron chi connectivity index (χ0n) is 22.7. The molecule has 2 heterocycles. The molecule has 40 heavy (non-hydrogen) atoms. The number of hydrogen-bond acceptors (Lipinski definition) is 6. The van der Waals surface area contributed by atoms with Gasteiger partial charge in [0.25, 0.3) is 0 Å². The van der Waals surface area contributed by atoms with Crippen LogP contribution in [0.2, 0.25) is 0 Å². The van der Waals surface area contributed by atoms with Gasteiger partial charge in [0.1, 0.15) is 0 Å². The molecule has 0 radical (unpaired) electrons. The SMILES string of the molecule is S=c1[nH]nc(C2CCCCC2)n1N=Cc1ccccc1.S=c1[nH]nc(C2CCCCC2)n1N=Cc1ccccc1. The molecule has 8 nitrogen and oxygen atoms in total. The van der Waals surface area contributed by atoms with E-state index in [4.69, 9.17) is 24.4 Å². The molecule has 6 rings (SSSR count). The van der Waals surface area contributed by atoms with Crippen molar-refractivity contribution in [1.29, 1.82) is 0 Å². The third-order valence-electron chi connectivity index (χ3n) is 7.54. The monoisotopic (exact) mass is 572 g/mol. The summed E-state index contributed by atoms with van der Waals surface area (Å²) in [6.07, 6.45) is 16.1. The number of hydrogen-bond donors (Lipinski definition) is 2. The first-order valence-corrected chi connectivity index (χ1v) is 15.0. The standard InChI is InChI=1S/2C15H18N4S/c2*20-15-18-17-14(13-9-5-2-6-10-13)19(15)16-11-12-7-3-1-4-8-12/h2*1,3-4,7-8,11,13H,2,5-6,9-10H2,(H,18,20). The van der Waals surface area contributed by atoms with Gasteiger partial charge in [0.05, 0.1) is 12.4 Å². The minimum atomic E-state index is 0.477. The van der Waals surface area contributed by atoms with E-state index in [0.717, 1.165) is 22.8 Å². The van der Waals surface area contributed by atoms with E-state index in [2.05, 4.69) is 30.6 Å². The van der Waals surface area contributed by atoms with Crippen LogP contribution in [-0.4, -0.2) is 42.2 Å². The number of nitrogens with one attached hydrogen (secondary N) is 2. The molecule has 208 valence electrons. The lowest BCUT2D eigenvalue weighted by Gasteiger charge is -2.19. The quantitative estimate of drug-likeness (QED) is 0.183. The summed E-state index contributed by atoms with van der Waals surface area (Å²) >= 11 is 10.6. The molecular formula is C30H36N8S2. The number of H-pyrrole nitrogens is 2. The van der Waals surface area contributed by atoms with E-state index in [1.165, 1.54) is 64.2 Å². The van der Waals surface area contributed by atoms with Gasteiger partial charge in [-0.2, -0.15) is 29.8 Å². The number of nitrogens with zero attached hydrogens (tertiary/aromatic N) is 6. The summed E-state index contributed by atoms with van der Waals surface area (Å²) in [6.45, 7) is 0. The first-order chi connectivity index (χ1) is 19.7. The molecule has 2 aromatic carbocycles. The average molecular weight is 573 g/mol. The molecule has 0 bridgehead atoms. The Morgan fingerprint density at radius 3 is 1.35 bits per heavy atom. The Kier molecular flexibility index (Phi) is 9.97. The van der Waals surface area contributed by atoms with Crippen LogP contribution in [0.1, 0.15) is 98.8 Å².